The van der Waals surface area contributed by atoms with Crippen molar-refractivity contribution in [1.29, 1.82) is 0 Å². The minimum atomic E-state index is -0.852. The van der Waals surface area contributed by atoms with E-state index in [4.69, 9.17) is 25.5 Å². The Morgan fingerprint density at radius 3 is 2.38 bits per heavy atom. The number of furan rings is 1. The highest BCUT2D eigenvalue weighted by molar-refractivity contribution is 6.31. The zero-order valence-corrected chi connectivity index (χ0v) is 22.8. The van der Waals surface area contributed by atoms with Crippen LogP contribution in [0, 0.1) is 0 Å². The molecule has 1 aliphatic heterocycles. The minimum absolute atomic E-state index is 0.0390. The smallest absolute Gasteiger partial charge is 0.290 e. The number of ether oxygens (including phenoxy) is 2. The minimum Gasteiger partial charge on any atom is -0.503 e. The number of ketones is 1. The number of rotatable bonds is 8. The number of hydrogen-bond acceptors (Lipinski definition) is 6. The van der Waals surface area contributed by atoms with Gasteiger partial charge in [0, 0.05) is 22.0 Å². The van der Waals surface area contributed by atoms with Gasteiger partial charge in [0.05, 0.1) is 32.4 Å². The molecule has 5 rings (SSSR count). The summed E-state index contributed by atoms with van der Waals surface area (Å²) in [7, 11) is 3.03. The van der Waals surface area contributed by atoms with E-state index in [1.165, 1.54) is 12.0 Å². The van der Waals surface area contributed by atoms with Crippen molar-refractivity contribution in [3.05, 3.63) is 106 Å². The van der Waals surface area contributed by atoms with Gasteiger partial charge in [0.15, 0.2) is 22.9 Å². The number of carbonyl (C=O) groups is 2. The molecule has 1 atom stereocenters. The molecule has 0 spiro atoms. The summed E-state index contributed by atoms with van der Waals surface area (Å²) >= 11 is 6.20. The molecule has 0 saturated carbocycles. The fourth-order valence-corrected chi connectivity index (χ4v) is 5.17. The van der Waals surface area contributed by atoms with Crippen LogP contribution in [-0.2, 0) is 11.3 Å². The summed E-state index contributed by atoms with van der Waals surface area (Å²) in [4.78, 5) is 28.9. The fourth-order valence-electron chi connectivity index (χ4n) is 4.96. The van der Waals surface area contributed by atoms with Crippen molar-refractivity contribution in [3.8, 4) is 11.5 Å². The lowest BCUT2D eigenvalue weighted by Gasteiger charge is -2.27. The first-order valence-corrected chi connectivity index (χ1v) is 12.9. The molecule has 0 bridgehead atoms. The Morgan fingerprint density at radius 2 is 1.72 bits per heavy atom. The molecule has 0 radical (unpaired) electrons. The summed E-state index contributed by atoms with van der Waals surface area (Å²) in [6, 6.07) is 19.0. The van der Waals surface area contributed by atoms with Gasteiger partial charge in [-0.25, -0.2) is 0 Å². The van der Waals surface area contributed by atoms with E-state index in [1.807, 2.05) is 42.5 Å². The molecule has 0 saturated heterocycles. The van der Waals surface area contributed by atoms with E-state index in [1.54, 1.807) is 31.4 Å². The van der Waals surface area contributed by atoms with E-state index >= 15 is 0 Å². The molecule has 2 heterocycles. The quantitative estimate of drug-likeness (QED) is 0.240. The molecule has 1 amide bonds. The van der Waals surface area contributed by atoms with Crippen LogP contribution in [0.2, 0.25) is 5.02 Å². The standard InChI is InChI=1S/C31H28ClNO6/c1-17(2)18-9-11-19(12-10-18)27-26(28(34)24-14-21-13-22(32)15-25(38-4)30(21)39-24)29(35)31(36)33(27)16-20-7-5-6-8-23(20)37-3/h5-15,17,27,35H,16H2,1-4H3. The SMILES string of the molecule is COc1ccccc1CN1C(=O)C(O)=C(C(=O)c2cc3cc(Cl)cc(OC)c3o2)C1c1ccc(C(C)C)cc1. The Morgan fingerprint density at radius 1 is 1.03 bits per heavy atom. The van der Waals surface area contributed by atoms with Crippen LogP contribution in [0.5, 0.6) is 11.5 Å². The van der Waals surface area contributed by atoms with E-state index < -0.39 is 23.5 Å². The molecule has 1 unspecified atom stereocenters. The molecule has 4 aromatic rings. The Bertz CT molecular complexity index is 1600. The number of halogens is 1. The van der Waals surface area contributed by atoms with Crippen LogP contribution in [0.15, 0.2) is 82.5 Å². The summed E-state index contributed by atoms with van der Waals surface area (Å²) in [6.45, 7) is 4.29. The van der Waals surface area contributed by atoms with Crippen molar-refractivity contribution < 1.29 is 28.6 Å². The van der Waals surface area contributed by atoms with Crippen LogP contribution in [0.4, 0.5) is 0 Å². The molecule has 200 valence electrons. The van der Waals surface area contributed by atoms with E-state index in [-0.39, 0.29) is 17.9 Å². The molecule has 1 N–H and O–H groups in total. The summed E-state index contributed by atoms with van der Waals surface area (Å²) in [5, 5.41) is 12.1. The normalized spacial score (nSPS) is 15.5. The Hall–Kier alpha value is -4.23. The Labute approximate surface area is 231 Å². The van der Waals surface area contributed by atoms with Gasteiger partial charge in [0.25, 0.3) is 5.91 Å². The highest BCUT2D eigenvalue weighted by atomic mass is 35.5. The van der Waals surface area contributed by atoms with Crippen LogP contribution in [0.25, 0.3) is 11.0 Å². The molecule has 0 aliphatic carbocycles. The lowest BCUT2D eigenvalue weighted by molar-refractivity contribution is -0.130. The molecule has 1 aromatic heterocycles. The summed E-state index contributed by atoms with van der Waals surface area (Å²) < 4.78 is 16.8. The van der Waals surface area contributed by atoms with Gasteiger partial charge in [-0.2, -0.15) is 0 Å². The second kappa shape index (κ2) is 10.5. The van der Waals surface area contributed by atoms with Gasteiger partial charge in [0.1, 0.15) is 5.75 Å². The maximum absolute atomic E-state index is 13.9. The van der Waals surface area contributed by atoms with Crippen molar-refractivity contribution in [3.63, 3.8) is 0 Å². The predicted octanol–water partition coefficient (Wildman–Crippen LogP) is 7.01. The van der Waals surface area contributed by atoms with Gasteiger partial charge in [-0.1, -0.05) is 67.9 Å². The van der Waals surface area contributed by atoms with Crippen molar-refractivity contribution in [1.82, 2.24) is 4.90 Å². The summed E-state index contributed by atoms with van der Waals surface area (Å²) in [6.07, 6.45) is 0. The monoisotopic (exact) mass is 545 g/mol. The molecule has 1 aliphatic rings. The summed E-state index contributed by atoms with van der Waals surface area (Å²) in [5.74, 6) is -0.636. The van der Waals surface area contributed by atoms with Gasteiger partial charge in [-0.3, -0.25) is 9.59 Å². The van der Waals surface area contributed by atoms with E-state index in [2.05, 4.69) is 13.8 Å². The van der Waals surface area contributed by atoms with Gasteiger partial charge >= 0.3 is 0 Å². The third-order valence-corrected chi connectivity index (χ3v) is 7.21. The van der Waals surface area contributed by atoms with Crippen LogP contribution < -0.4 is 9.47 Å². The van der Waals surface area contributed by atoms with Crippen LogP contribution >= 0.6 is 11.6 Å². The zero-order valence-electron chi connectivity index (χ0n) is 22.0. The van der Waals surface area contributed by atoms with Crippen LogP contribution in [0.3, 0.4) is 0 Å². The number of hydrogen-bond donors (Lipinski definition) is 1. The van der Waals surface area contributed by atoms with E-state index in [0.717, 1.165) is 11.1 Å². The number of Topliss-reactive ketones (excluding diaryl/α,β-unsaturated/α-hetero) is 1. The molecule has 7 nitrogen and oxygen atoms in total. The van der Waals surface area contributed by atoms with Gasteiger partial charge in [-0.15, -0.1) is 0 Å². The number of carbonyl (C=O) groups excluding carboxylic acids is 2. The van der Waals surface area contributed by atoms with Gasteiger partial charge < -0.3 is 23.9 Å². The van der Waals surface area contributed by atoms with Gasteiger partial charge in [0.2, 0.25) is 5.78 Å². The van der Waals surface area contributed by atoms with Crippen molar-refractivity contribution in [2.75, 3.05) is 14.2 Å². The fraction of sp³-hybridized carbons (Fsp3) is 0.226. The maximum Gasteiger partial charge on any atom is 0.290 e. The third kappa shape index (κ3) is 4.74. The lowest BCUT2D eigenvalue weighted by atomic mass is 9.92. The molecule has 8 heteroatoms. The number of fused-ring (bicyclic) bond motifs is 1. The predicted molar refractivity (Wildman–Crippen MR) is 149 cm³/mol. The first kappa shape index (κ1) is 26.4. The van der Waals surface area contributed by atoms with Crippen molar-refractivity contribution >= 4 is 34.3 Å². The third-order valence-electron chi connectivity index (χ3n) is 6.99. The number of aliphatic hydroxyl groups is 1. The van der Waals surface area contributed by atoms with Gasteiger partial charge in [-0.05, 0) is 35.2 Å². The Balaban J connectivity index is 1.62. The maximum atomic E-state index is 13.9. The van der Waals surface area contributed by atoms with Crippen molar-refractivity contribution in [2.45, 2.75) is 32.4 Å². The highest BCUT2D eigenvalue weighted by Crippen LogP contribution is 2.42. The number of para-hydroxylation sites is 1. The number of benzene rings is 3. The first-order valence-electron chi connectivity index (χ1n) is 12.5. The van der Waals surface area contributed by atoms with Crippen LogP contribution in [0.1, 0.15) is 53.1 Å². The molecule has 3 aromatic carbocycles. The van der Waals surface area contributed by atoms with Crippen molar-refractivity contribution in [2.24, 2.45) is 0 Å². The number of amides is 1. The Kier molecular flexibility index (Phi) is 7.10. The first-order chi connectivity index (χ1) is 18.7. The average Bonchev–Trinajstić information content (AvgIpc) is 3.47. The molecule has 0 fully saturated rings. The second-order valence-corrected chi connectivity index (χ2v) is 10.1. The van der Waals surface area contributed by atoms with Crippen LogP contribution in [-0.4, -0.2) is 35.9 Å². The second-order valence-electron chi connectivity index (χ2n) is 9.70. The average molecular weight is 546 g/mol. The van der Waals surface area contributed by atoms with E-state index in [9.17, 15) is 14.7 Å². The molecule has 39 heavy (non-hydrogen) atoms. The molecular formula is C31H28ClNO6. The zero-order chi connectivity index (χ0) is 27.8. The topological polar surface area (TPSA) is 89.2 Å². The molecular weight excluding hydrogens is 518 g/mol. The lowest BCUT2D eigenvalue weighted by Crippen LogP contribution is -2.30. The summed E-state index contributed by atoms with van der Waals surface area (Å²) in [5.41, 5.74) is 2.82. The largest absolute Gasteiger partial charge is 0.503 e. The number of nitrogens with zero attached hydrogens (tertiary/aromatic N) is 1. The number of methoxy groups -OCH3 is 2. The van der Waals surface area contributed by atoms with E-state index in [0.29, 0.717) is 39.0 Å². The highest BCUT2D eigenvalue weighted by Gasteiger charge is 2.45. The number of aliphatic hydroxyl groups excluding tert-OH is 1.